The molecule has 1 unspecified atom stereocenters. The fraction of sp³-hybridized carbons (Fsp3) is 0.652. The Labute approximate surface area is 185 Å². The number of hydrogen-bond acceptors (Lipinski definition) is 4. The highest BCUT2D eigenvalue weighted by atomic mass is 35.5. The first-order valence-corrected chi connectivity index (χ1v) is 11.0. The second-order valence-electron chi connectivity index (χ2n) is 9.41. The molecule has 0 radical (unpaired) electrons. The van der Waals surface area contributed by atoms with Crippen molar-refractivity contribution in [2.75, 3.05) is 40.3 Å². The van der Waals surface area contributed by atoms with Gasteiger partial charge in [0.25, 0.3) is 5.91 Å². The van der Waals surface area contributed by atoms with Crippen molar-refractivity contribution in [2.45, 2.75) is 46.6 Å². The van der Waals surface area contributed by atoms with Gasteiger partial charge in [-0.2, -0.15) is 0 Å². The predicted octanol–water partition coefficient (Wildman–Crippen LogP) is 3.36. The Balaban J connectivity index is 1.82. The quantitative estimate of drug-likeness (QED) is 0.677. The molecule has 2 rings (SSSR count). The topological polar surface area (TPSA) is 61.9 Å². The Kier molecular flexibility index (Phi) is 8.56. The number of benzene rings is 1. The van der Waals surface area contributed by atoms with Crippen LogP contribution in [0.3, 0.4) is 0 Å². The SMILES string of the molecule is Cc1ccc(Cl)c(OC(C)C(=O)N2CCC(C(=O)NCC(C)(C)CN(C)C)CC2)c1. The molecule has 1 fully saturated rings. The maximum absolute atomic E-state index is 12.8. The van der Waals surface area contributed by atoms with Crippen molar-refractivity contribution in [3.05, 3.63) is 28.8 Å². The number of carbonyl (C=O) groups excluding carboxylic acids is 2. The van der Waals surface area contributed by atoms with Crippen molar-refractivity contribution in [3.8, 4) is 5.75 Å². The van der Waals surface area contributed by atoms with Crippen LogP contribution in [0.1, 0.15) is 39.2 Å². The molecular weight excluding hydrogens is 402 g/mol. The molecule has 30 heavy (non-hydrogen) atoms. The molecule has 1 aliphatic rings. The Morgan fingerprint density at radius 2 is 1.93 bits per heavy atom. The van der Waals surface area contributed by atoms with E-state index in [1.807, 2.05) is 33.2 Å². The Morgan fingerprint density at radius 3 is 2.53 bits per heavy atom. The number of ether oxygens (including phenoxy) is 1. The van der Waals surface area contributed by atoms with Gasteiger partial charge in [-0.15, -0.1) is 0 Å². The fourth-order valence-electron chi connectivity index (χ4n) is 3.94. The van der Waals surface area contributed by atoms with Crippen molar-refractivity contribution < 1.29 is 14.3 Å². The first-order chi connectivity index (χ1) is 14.0. The molecule has 0 aliphatic carbocycles. The molecular formula is C23H36ClN3O3. The lowest BCUT2D eigenvalue weighted by molar-refractivity contribution is -0.141. The molecule has 1 saturated heterocycles. The minimum atomic E-state index is -0.624. The molecule has 6 nitrogen and oxygen atoms in total. The van der Waals surface area contributed by atoms with E-state index in [1.54, 1.807) is 17.9 Å². The Morgan fingerprint density at radius 1 is 1.30 bits per heavy atom. The highest BCUT2D eigenvalue weighted by molar-refractivity contribution is 6.32. The van der Waals surface area contributed by atoms with E-state index in [1.165, 1.54) is 0 Å². The zero-order valence-electron chi connectivity index (χ0n) is 19.1. The molecule has 1 heterocycles. The summed E-state index contributed by atoms with van der Waals surface area (Å²) in [6, 6.07) is 5.51. The van der Waals surface area contributed by atoms with E-state index in [0.717, 1.165) is 12.1 Å². The fourth-order valence-corrected chi connectivity index (χ4v) is 4.11. The maximum atomic E-state index is 12.8. The van der Waals surface area contributed by atoms with E-state index in [-0.39, 0.29) is 23.1 Å². The molecule has 168 valence electrons. The van der Waals surface area contributed by atoms with Gasteiger partial charge in [0, 0.05) is 32.1 Å². The molecule has 1 aromatic carbocycles. The van der Waals surface area contributed by atoms with Gasteiger partial charge in [-0.25, -0.2) is 0 Å². The summed E-state index contributed by atoms with van der Waals surface area (Å²) in [6.45, 7) is 10.7. The first-order valence-electron chi connectivity index (χ1n) is 10.6. The number of hydrogen-bond donors (Lipinski definition) is 1. The maximum Gasteiger partial charge on any atom is 0.263 e. The molecule has 1 aliphatic heterocycles. The molecule has 1 aromatic rings. The number of nitrogens with one attached hydrogen (secondary N) is 1. The first kappa shape index (κ1) is 24.5. The van der Waals surface area contributed by atoms with Gasteiger partial charge in [0.15, 0.2) is 6.10 Å². The smallest absolute Gasteiger partial charge is 0.263 e. The van der Waals surface area contributed by atoms with Gasteiger partial charge in [0.2, 0.25) is 5.91 Å². The number of nitrogens with zero attached hydrogens (tertiary/aromatic N) is 2. The largest absolute Gasteiger partial charge is 0.479 e. The van der Waals surface area contributed by atoms with Gasteiger partial charge in [-0.3, -0.25) is 9.59 Å². The number of piperidine rings is 1. The van der Waals surface area contributed by atoms with Gasteiger partial charge in [0.1, 0.15) is 5.75 Å². The van der Waals surface area contributed by atoms with Crippen molar-refractivity contribution in [3.63, 3.8) is 0 Å². The normalized spacial score (nSPS) is 16.5. The number of likely N-dealkylation sites (tertiary alicyclic amines) is 1. The van der Waals surface area contributed by atoms with Gasteiger partial charge >= 0.3 is 0 Å². The number of halogens is 1. The summed E-state index contributed by atoms with van der Waals surface area (Å²) in [5.41, 5.74) is 1.04. The van der Waals surface area contributed by atoms with Crippen LogP contribution < -0.4 is 10.1 Å². The Hall–Kier alpha value is -1.79. The summed E-state index contributed by atoms with van der Waals surface area (Å²) in [5.74, 6) is 0.488. The third kappa shape index (κ3) is 7.17. The van der Waals surface area contributed by atoms with Crippen LogP contribution in [0.5, 0.6) is 5.75 Å². The van der Waals surface area contributed by atoms with Crippen LogP contribution in [0.4, 0.5) is 0 Å². The molecule has 0 aromatic heterocycles. The third-order valence-corrected chi connectivity index (χ3v) is 5.71. The van der Waals surface area contributed by atoms with Gasteiger partial charge in [-0.05, 0) is 63.9 Å². The van der Waals surface area contributed by atoms with E-state index >= 15 is 0 Å². The second-order valence-corrected chi connectivity index (χ2v) is 9.82. The minimum absolute atomic E-state index is 0.0136. The average Bonchev–Trinajstić information content (AvgIpc) is 2.67. The van der Waals surface area contributed by atoms with E-state index in [2.05, 4.69) is 24.1 Å². The van der Waals surface area contributed by atoms with E-state index in [0.29, 0.717) is 43.2 Å². The number of rotatable bonds is 8. The van der Waals surface area contributed by atoms with E-state index in [9.17, 15) is 9.59 Å². The van der Waals surface area contributed by atoms with Crippen LogP contribution in [0.25, 0.3) is 0 Å². The number of carbonyl (C=O) groups is 2. The third-order valence-electron chi connectivity index (χ3n) is 5.40. The van der Waals surface area contributed by atoms with E-state index in [4.69, 9.17) is 16.3 Å². The summed E-state index contributed by atoms with van der Waals surface area (Å²) in [4.78, 5) is 29.3. The highest BCUT2D eigenvalue weighted by Crippen LogP contribution is 2.27. The Bertz CT molecular complexity index is 743. The standard InChI is InChI=1S/C23H36ClN3O3/c1-16-7-8-19(24)20(13-16)30-17(2)22(29)27-11-9-18(10-12-27)21(28)25-14-23(3,4)15-26(5)6/h7-8,13,17-18H,9-12,14-15H2,1-6H3,(H,25,28). The summed E-state index contributed by atoms with van der Waals surface area (Å²) >= 11 is 6.18. The number of aryl methyl sites for hydroxylation is 1. The molecule has 0 spiro atoms. The summed E-state index contributed by atoms with van der Waals surface area (Å²) < 4.78 is 5.82. The van der Waals surface area contributed by atoms with Crippen LogP contribution in [0.2, 0.25) is 5.02 Å². The molecule has 0 saturated carbocycles. The van der Waals surface area contributed by atoms with Crippen LogP contribution in [0, 0.1) is 18.3 Å². The average molecular weight is 438 g/mol. The molecule has 0 bridgehead atoms. The van der Waals surface area contributed by atoms with Crippen molar-refractivity contribution in [1.29, 1.82) is 0 Å². The monoisotopic (exact) mass is 437 g/mol. The summed E-state index contributed by atoms with van der Waals surface area (Å²) in [7, 11) is 4.07. The lowest BCUT2D eigenvalue weighted by atomic mass is 9.91. The molecule has 7 heteroatoms. The molecule has 2 amide bonds. The molecule has 1 N–H and O–H groups in total. The van der Waals surface area contributed by atoms with Gasteiger partial charge in [-0.1, -0.05) is 31.5 Å². The lowest BCUT2D eigenvalue weighted by Gasteiger charge is -2.34. The van der Waals surface area contributed by atoms with Crippen molar-refractivity contribution in [2.24, 2.45) is 11.3 Å². The van der Waals surface area contributed by atoms with Crippen molar-refractivity contribution in [1.82, 2.24) is 15.1 Å². The van der Waals surface area contributed by atoms with Gasteiger partial charge in [0.05, 0.1) is 5.02 Å². The number of amides is 2. The van der Waals surface area contributed by atoms with Crippen LogP contribution in [-0.2, 0) is 9.59 Å². The van der Waals surface area contributed by atoms with Crippen LogP contribution >= 0.6 is 11.6 Å². The van der Waals surface area contributed by atoms with Gasteiger partial charge < -0.3 is 19.9 Å². The predicted molar refractivity (Wildman–Crippen MR) is 121 cm³/mol. The zero-order valence-corrected chi connectivity index (χ0v) is 19.9. The van der Waals surface area contributed by atoms with Crippen LogP contribution in [-0.4, -0.2) is 68.0 Å². The van der Waals surface area contributed by atoms with Crippen LogP contribution in [0.15, 0.2) is 18.2 Å². The second kappa shape index (κ2) is 10.5. The van der Waals surface area contributed by atoms with E-state index < -0.39 is 6.10 Å². The lowest BCUT2D eigenvalue weighted by Crippen LogP contribution is -2.48. The molecule has 1 atom stereocenters. The zero-order chi connectivity index (χ0) is 22.5. The summed E-state index contributed by atoms with van der Waals surface area (Å²) in [6.07, 6.45) is 0.717. The summed E-state index contributed by atoms with van der Waals surface area (Å²) in [5, 5.41) is 3.59. The highest BCUT2D eigenvalue weighted by Gasteiger charge is 2.31. The minimum Gasteiger partial charge on any atom is -0.479 e. The van der Waals surface area contributed by atoms with Crippen molar-refractivity contribution >= 4 is 23.4 Å².